The molecule has 2 heteroatoms. The van der Waals surface area contributed by atoms with E-state index in [-0.39, 0.29) is 0 Å². The van der Waals surface area contributed by atoms with E-state index in [4.69, 9.17) is 0 Å². The summed E-state index contributed by atoms with van der Waals surface area (Å²) in [6.07, 6.45) is 11.1. The van der Waals surface area contributed by atoms with Gasteiger partial charge in [0.1, 0.15) is 0 Å². The number of allylic oxidation sites excluding steroid dienone is 4. The zero-order chi connectivity index (χ0) is 24.0. The molecule has 1 unspecified atom stereocenters. The van der Waals surface area contributed by atoms with E-state index in [9.17, 15) is 0 Å². The lowest BCUT2D eigenvalue weighted by molar-refractivity contribution is 0.109. The molecule has 1 aromatic carbocycles. The van der Waals surface area contributed by atoms with E-state index in [1.165, 1.54) is 49.2 Å². The van der Waals surface area contributed by atoms with Crippen LogP contribution in [0.4, 0.5) is 0 Å². The Kier molecular flexibility index (Phi) is 9.58. The highest BCUT2D eigenvalue weighted by Crippen LogP contribution is 2.35. The summed E-state index contributed by atoms with van der Waals surface area (Å²) in [5.74, 6) is 4.21. The summed E-state index contributed by atoms with van der Waals surface area (Å²) in [5, 5.41) is 0. The van der Waals surface area contributed by atoms with E-state index in [1.807, 2.05) is 0 Å². The van der Waals surface area contributed by atoms with Crippen LogP contribution in [-0.2, 0) is 6.54 Å². The quantitative estimate of drug-likeness (QED) is 0.389. The predicted molar refractivity (Wildman–Crippen MR) is 144 cm³/mol. The Morgan fingerprint density at radius 2 is 1.73 bits per heavy atom. The van der Waals surface area contributed by atoms with Gasteiger partial charge in [-0.15, -0.1) is 0 Å². The molecular weight excluding hydrogens is 400 g/mol. The molecule has 0 aliphatic carbocycles. The van der Waals surface area contributed by atoms with Gasteiger partial charge < -0.3 is 4.90 Å². The summed E-state index contributed by atoms with van der Waals surface area (Å²) < 4.78 is 0. The van der Waals surface area contributed by atoms with Gasteiger partial charge in [-0.25, -0.2) is 0 Å². The van der Waals surface area contributed by atoms with E-state index in [0.717, 1.165) is 30.8 Å². The molecular formula is C31H48N2. The second kappa shape index (κ2) is 12.2. The maximum Gasteiger partial charge on any atom is 0.0234 e. The summed E-state index contributed by atoms with van der Waals surface area (Å²) in [4.78, 5) is 5.23. The summed E-state index contributed by atoms with van der Waals surface area (Å²) in [6.45, 7) is 21.8. The Hall–Kier alpha value is -1.64. The summed E-state index contributed by atoms with van der Waals surface area (Å²) >= 11 is 0. The molecule has 2 nitrogen and oxygen atoms in total. The molecule has 0 N–H and O–H groups in total. The van der Waals surface area contributed by atoms with Crippen molar-refractivity contribution >= 4 is 0 Å². The van der Waals surface area contributed by atoms with Gasteiger partial charge in [-0.1, -0.05) is 88.4 Å². The Morgan fingerprint density at radius 1 is 1.00 bits per heavy atom. The number of hydrogen-bond donors (Lipinski definition) is 0. The number of hydrogen-bond acceptors (Lipinski definition) is 2. The van der Waals surface area contributed by atoms with Gasteiger partial charge in [0, 0.05) is 32.7 Å². The molecule has 33 heavy (non-hydrogen) atoms. The fourth-order valence-corrected chi connectivity index (χ4v) is 5.83. The van der Waals surface area contributed by atoms with Crippen molar-refractivity contribution in [1.82, 2.24) is 9.80 Å². The third-order valence-electron chi connectivity index (χ3n) is 8.08. The zero-order valence-electron chi connectivity index (χ0n) is 22.1. The maximum atomic E-state index is 4.44. The molecule has 2 aliphatic heterocycles. The molecule has 0 saturated carbocycles. The monoisotopic (exact) mass is 448 g/mol. The van der Waals surface area contributed by atoms with Crippen molar-refractivity contribution in [2.24, 2.45) is 29.6 Å². The molecule has 2 aliphatic rings. The van der Waals surface area contributed by atoms with Crippen LogP contribution in [-0.4, -0.2) is 43.0 Å². The minimum atomic E-state index is 0.551. The SMILES string of the molecule is C=C(/C=C\C=C/C)[C@H]1C[C@@H](C(C)C)CN(Cc2cccc(C3C[C@@H](C(C)C)CN(C)C3)c2)C1. The van der Waals surface area contributed by atoms with Crippen LogP contribution < -0.4 is 0 Å². The van der Waals surface area contributed by atoms with Gasteiger partial charge in [0.2, 0.25) is 0 Å². The molecule has 4 atom stereocenters. The third kappa shape index (κ3) is 7.42. The number of likely N-dealkylation sites (tertiary alicyclic amines) is 2. The minimum Gasteiger partial charge on any atom is -0.305 e. The summed E-state index contributed by atoms with van der Waals surface area (Å²) in [7, 11) is 2.29. The van der Waals surface area contributed by atoms with Gasteiger partial charge in [0.05, 0.1) is 0 Å². The van der Waals surface area contributed by atoms with Gasteiger partial charge in [0.15, 0.2) is 0 Å². The van der Waals surface area contributed by atoms with E-state index in [0.29, 0.717) is 17.8 Å². The van der Waals surface area contributed by atoms with Gasteiger partial charge in [-0.3, -0.25) is 4.90 Å². The van der Waals surface area contributed by atoms with Crippen LogP contribution in [0, 0.1) is 29.6 Å². The fraction of sp³-hybridized carbons (Fsp3) is 0.613. The van der Waals surface area contributed by atoms with Crippen molar-refractivity contribution in [2.75, 3.05) is 33.2 Å². The van der Waals surface area contributed by atoms with Crippen molar-refractivity contribution in [2.45, 2.75) is 59.9 Å². The van der Waals surface area contributed by atoms with E-state index in [2.05, 4.69) is 107 Å². The molecule has 0 radical (unpaired) electrons. The Balaban J connectivity index is 1.71. The normalized spacial score (nSPS) is 27.9. The van der Waals surface area contributed by atoms with Crippen molar-refractivity contribution in [3.05, 3.63) is 71.8 Å². The zero-order valence-corrected chi connectivity index (χ0v) is 22.1. The number of likely N-dealkylation sites (N-methyl/N-ethyl adjacent to an activating group) is 1. The lowest BCUT2D eigenvalue weighted by Gasteiger charge is -2.40. The van der Waals surface area contributed by atoms with Crippen molar-refractivity contribution < 1.29 is 0 Å². The molecule has 2 saturated heterocycles. The second-order valence-corrected chi connectivity index (χ2v) is 11.5. The Morgan fingerprint density at radius 3 is 2.42 bits per heavy atom. The first-order valence-electron chi connectivity index (χ1n) is 13.2. The van der Waals surface area contributed by atoms with Crippen LogP contribution in [0.2, 0.25) is 0 Å². The number of rotatable bonds is 8. The number of piperidine rings is 2. The third-order valence-corrected chi connectivity index (χ3v) is 8.08. The lowest BCUT2D eigenvalue weighted by Crippen LogP contribution is -2.42. The molecule has 0 amide bonds. The van der Waals surface area contributed by atoms with Gasteiger partial charge in [-0.2, -0.15) is 0 Å². The first kappa shape index (κ1) is 26.0. The first-order chi connectivity index (χ1) is 15.8. The number of nitrogens with zero attached hydrogens (tertiary/aromatic N) is 2. The summed E-state index contributed by atoms with van der Waals surface area (Å²) in [6, 6.07) is 9.51. The Labute approximate surface area is 204 Å². The maximum absolute atomic E-state index is 4.44. The average Bonchev–Trinajstić information content (AvgIpc) is 2.78. The van der Waals surface area contributed by atoms with Crippen molar-refractivity contribution in [1.29, 1.82) is 0 Å². The highest BCUT2D eigenvalue weighted by molar-refractivity contribution is 5.28. The molecule has 2 heterocycles. The van der Waals surface area contributed by atoms with Crippen molar-refractivity contribution in [3.8, 4) is 0 Å². The van der Waals surface area contributed by atoms with Gasteiger partial charge in [-0.05, 0) is 73.4 Å². The van der Waals surface area contributed by atoms with E-state index >= 15 is 0 Å². The van der Waals surface area contributed by atoms with E-state index < -0.39 is 0 Å². The van der Waals surface area contributed by atoms with Crippen LogP contribution in [0.15, 0.2) is 60.7 Å². The average molecular weight is 449 g/mol. The summed E-state index contributed by atoms with van der Waals surface area (Å²) in [5.41, 5.74) is 4.29. The first-order valence-corrected chi connectivity index (χ1v) is 13.2. The van der Waals surface area contributed by atoms with Crippen LogP contribution in [0.25, 0.3) is 0 Å². The Bertz CT molecular complexity index is 818. The van der Waals surface area contributed by atoms with Crippen LogP contribution in [0.5, 0.6) is 0 Å². The van der Waals surface area contributed by atoms with Gasteiger partial charge >= 0.3 is 0 Å². The van der Waals surface area contributed by atoms with Gasteiger partial charge in [0.25, 0.3) is 0 Å². The largest absolute Gasteiger partial charge is 0.305 e. The fourth-order valence-electron chi connectivity index (χ4n) is 5.83. The smallest absolute Gasteiger partial charge is 0.0234 e. The minimum absolute atomic E-state index is 0.551. The molecule has 1 aromatic rings. The standard InChI is InChI=1S/C31H48N2/c1-8-9-10-12-25(6)30-16-29(24(4)5)21-33(22-30)18-26-13-11-14-27(15-26)31-17-28(23(2)3)19-32(7)20-31/h8-15,23-24,28-31H,6,16-22H2,1-5,7H3/b9-8-,12-10-/t28-,29-,30+,31?/m1/s1. The number of benzene rings is 1. The lowest BCUT2D eigenvalue weighted by atomic mass is 9.79. The molecule has 0 spiro atoms. The molecule has 2 fully saturated rings. The second-order valence-electron chi connectivity index (χ2n) is 11.5. The highest BCUT2D eigenvalue weighted by Gasteiger charge is 2.31. The van der Waals surface area contributed by atoms with Crippen LogP contribution >= 0.6 is 0 Å². The van der Waals surface area contributed by atoms with Crippen LogP contribution in [0.1, 0.15) is 64.5 Å². The molecule has 3 rings (SSSR count). The van der Waals surface area contributed by atoms with E-state index in [1.54, 1.807) is 0 Å². The molecule has 0 bridgehead atoms. The molecule has 182 valence electrons. The predicted octanol–water partition coefficient (Wildman–Crippen LogP) is 7.16. The molecule has 0 aromatic heterocycles. The van der Waals surface area contributed by atoms with Crippen molar-refractivity contribution in [3.63, 3.8) is 0 Å². The van der Waals surface area contributed by atoms with Crippen LogP contribution in [0.3, 0.4) is 0 Å². The highest BCUT2D eigenvalue weighted by atomic mass is 15.1. The topological polar surface area (TPSA) is 6.48 Å².